The standard InChI is InChI=1S/C15H22N2O/c1-12(2)11-17(10-4-9-16)15-7-5-14(6-8-15)13(3)18/h5-8,12-13,18H,4,10-11H2,1-3H3/t13-/m0/s1. The van der Waals surface area contributed by atoms with Gasteiger partial charge in [0.1, 0.15) is 0 Å². The van der Waals surface area contributed by atoms with E-state index >= 15 is 0 Å². The van der Waals surface area contributed by atoms with Crippen molar-refractivity contribution in [3.05, 3.63) is 29.8 Å². The van der Waals surface area contributed by atoms with E-state index in [4.69, 9.17) is 5.26 Å². The molecular formula is C15H22N2O. The Bertz CT molecular complexity index is 390. The average molecular weight is 246 g/mol. The van der Waals surface area contributed by atoms with E-state index in [0.29, 0.717) is 12.3 Å². The summed E-state index contributed by atoms with van der Waals surface area (Å²) in [4.78, 5) is 2.22. The maximum atomic E-state index is 9.48. The van der Waals surface area contributed by atoms with Crippen molar-refractivity contribution in [2.75, 3.05) is 18.0 Å². The van der Waals surface area contributed by atoms with Gasteiger partial charge in [0.15, 0.2) is 0 Å². The van der Waals surface area contributed by atoms with Crippen molar-refractivity contribution in [3.63, 3.8) is 0 Å². The van der Waals surface area contributed by atoms with Crippen molar-refractivity contribution in [2.45, 2.75) is 33.3 Å². The van der Waals surface area contributed by atoms with Gasteiger partial charge in [0.25, 0.3) is 0 Å². The van der Waals surface area contributed by atoms with Gasteiger partial charge in [0.2, 0.25) is 0 Å². The molecule has 0 spiro atoms. The molecule has 0 unspecified atom stereocenters. The van der Waals surface area contributed by atoms with E-state index in [2.05, 4.69) is 24.8 Å². The summed E-state index contributed by atoms with van der Waals surface area (Å²) in [5, 5.41) is 18.2. The molecule has 3 nitrogen and oxygen atoms in total. The van der Waals surface area contributed by atoms with E-state index < -0.39 is 6.10 Å². The Morgan fingerprint density at radius 1 is 1.22 bits per heavy atom. The first-order chi connectivity index (χ1) is 8.54. The molecule has 1 atom stereocenters. The lowest BCUT2D eigenvalue weighted by atomic mass is 10.1. The van der Waals surface area contributed by atoms with Gasteiger partial charge in [0, 0.05) is 18.8 Å². The maximum Gasteiger partial charge on any atom is 0.0761 e. The highest BCUT2D eigenvalue weighted by Gasteiger charge is 2.09. The first kappa shape index (κ1) is 14.5. The van der Waals surface area contributed by atoms with Crippen LogP contribution >= 0.6 is 0 Å². The van der Waals surface area contributed by atoms with Crippen LogP contribution in [0, 0.1) is 17.2 Å². The zero-order valence-electron chi connectivity index (χ0n) is 11.4. The molecule has 0 saturated heterocycles. The molecule has 18 heavy (non-hydrogen) atoms. The lowest BCUT2D eigenvalue weighted by Gasteiger charge is -2.26. The Morgan fingerprint density at radius 3 is 2.28 bits per heavy atom. The van der Waals surface area contributed by atoms with Gasteiger partial charge >= 0.3 is 0 Å². The Kier molecular flexibility index (Phi) is 5.67. The predicted octanol–water partition coefficient (Wildman–Crippen LogP) is 3.12. The Balaban J connectivity index is 2.81. The van der Waals surface area contributed by atoms with Crippen molar-refractivity contribution in [1.29, 1.82) is 5.26 Å². The summed E-state index contributed by atoms with van der Waals surface area (Å²) >= 11 is 0. The van der Waals surface area contributed by atoms with Gasteiger partial charge in [-0.2, -0.15) is 5.26 Å². The molecule has 0 radical (unpaired) electrons. The average Bonchev–Trinajstić information content (AvgIpc) is 2.34. The highest BCUT2D eigenvalue weighted by atomic mass is 16.3. The number of nitriles is 1. The minimum atomic E-state index is -0.434. The van der Waals surface area contributed by atoms with Crippen molar-refractivity contribution < 1.29 is 5.11 Å². The van der Waals surface area contributed by atoms with Crippen LogP contribution in [0.4, 0.5) is 5.69 Å². The highest BCUT2D eigenvalue weighted by molar-refractivity contribution is 5.48. The molecular weight excluding hydrogens is 224 g/mol. The van der Waals surface area contributed by atoms with E-state index in [1.807, 2.05) is 24.3 Å². The van der Waals surface area contributed by atoms with E-state index in [-0.39, 0.29) is 0 Å². The third-order valence-electron chi connectivity index (χ3n) is 2.82. The molecule has 1 rings (SSSR count). The summed E-state index contributed by atoms with van der Waals surface area (Å²) in [5.74, 6) is 0.556. The second-order valence-corrected chi connectivity index (χ2v) is 5.02. The van der Waals surface area contributed by atoms with E-state index in [0.717, 1.165) is 24.3 Å². The Hall–Kier alpha value is -1.53. The lowest BCUT2D eigenvalue weighted by molar-refractivity contribution is 0.199. The van der Waals surface area contributed by atoms with E-state index in [1.165, 1.54) is 0 Å². The Morgan fingerprint density at radius 2 is 1.83 bits per heavy atom. The molecule has 1 aromatic carbocycles. The van der Waals surface area contributed by atoms with Gasteiger partial charge in [-0.15, -0.1) is 0 Å². The van der Waals surface area contributed by atoms with Gasteiger partial charge in [-0.05, 0) is 30.5 Å². The van der Waals surface area contributed by atoms with Crippen LogP contribution in [-0.4, -0.2) is 18.2 Å². The molecule has 0 fully saturated rings. The fourth-order valence-electron chi connectivity index (χ4n) is 1.92. The summed E-state index contributed by atoms with van der Waals surface area (Å²) in [6.45, 7) is 7.79. The monoisotopic (exact) mass is 246 g/mol. The minimum Gasteiger partial charge on any atom is -0.389 e. The van der Waals surface area contributed by atoms with Gasteiger partial charge in [0.05, 0.1) is 18.6 Å². The number of aliphatic hydroxyl groups is 1. The quantitative estimate of drug-likeness (QED) is 0.839. The molecule has 0 aromatic heterocycles. The minimum absolute atomic E-state index is 0.434. The number of hydrogen-bond acceptors (Lipinski definition) is 3. The smallest absolute Gasteiger partial charge is 0.0761 e. The number of nitrogens with zero attached hydrogens (tertiary/aromatic N) is 2. The molecule has 1 N–H and O–H groups in total. The number of aliphatic hydroxyl groups excluding tert-OH is 1. The van der Waals surface area contributed by atoms with Crippen molar-refractivity contribution in [3.8, 4) is 6.07 Å². The first-order valence-electron chi connectivity index (χ1n) is 6.44. The van der Waals surface area contributed by atoms with Gasteiger partial charge in [-0.3, -0.25) is 0 Å². The second kappa shape index (κ2) is 7.03. The van der Waals surface area contributed by atoms with Crippen LogP contribution in [0.15, 0.2) is 24.3 Å². The third kappa shape index (κ3) is 4.38. The van der Waals surface area contributed by atoms with Gasteiger partial charge < -0.3 is 10.0 Å². The first-order valence-corrected chi connectivity index (χ1v) is 6.44. The van der Waals surface area contributed by atoms with Crippen LogP contribution in [-0.2, 0) is 0 Å². The number of benzene rings is 1. The topological polar surface area (TPSA) is 47.3 Å². The second-order valence-electron chi connectivity index (χ2n) is 5.02. The molecule has 0 saturated carbocycles. The lowest BCUT2D eigenvalue weighted by Crippen LogP contribution is -2.28. The number of anilines is 1. The third-order valence-corrected chi connectivity index (χ3v) is 2.82. The van der Waals surface area contributed by atoms with Crippen LogP contribution in [0.1, 0.15) is 38.9 Å². The summed E-state index contributed by atoms with van der Waals surface area (Å²) in [6.07, 6.45) is 0.0990. The normalized spacial score (nSPS) is 12.2. The molecule has 0 heterocycles. The fraction of sp³-hybridized carbons (Fsp3) is 0.533. The van der Waals surface area contributed by atoms with Crippen LogP contribution in [0.2, 0.25) is 0 Å². The molecule has 3 heteroatoms. The molecule has 98 valence electrons. The summed E-state index contributed by atoms with van der Waals surface area (Å²) in [5.41, 5.74) is 2.03. The van der Waals surface area contributed by atoms with Gasteiger partial charge in [-0.1, -0.05) is 26.0 Å². The molecule has 0 aliphatic carbocycles. The van der Waals surface area contributed by atoms with Crippen LogP contribution < -0.4 is 4.90 Å². The maximum absolute atomic E-state index is 9.48. The molecule has 0 amide bonds. The summed E-state index contributed by atoms with van der Waals surface area (Å²) in [7, 11) is 0. The summed E-state index contributed by atoms with van der Waals surface area (Å²) in [6, 6.07) is 10.1. The van der Waals surface area contributed by atoms with E-state index in [1.54, 1.807) is 6.92 Å². The molecule has 1 aromatic rings. The fourth-order valence-corrected chi connectivity index (χ4v) is 1.92. The van der Waals surface area contributed by atoms with Crippen molar-refractivity contribution in [1.82, 2.24) is 0 Å². The largest absolute Gasteiger partial charge is 0.389 e. The van der Waals surface area contributed by atoms with Crippen LogP contribution in [0.25, 0.3) is 0 Å². The predicted molar refractivity (Wildman–Crippen MR) is 74.4 cm³/mol. The zero-order valence-corrected chi connectivity index (χ0v) is 11.4. The molecule has 0 aliphatic heterocycles. The van der Waals surface area contributed by atoms with E-state index in [9.17, 15) is 5.11 Å². The van der Waals surface area contributed by atoms with Crippen LogP contribution in [0.5, 0.6) is 0 Å². The summed E-state index contributed by atoms with van der Waals surface area (Å²) < 4.78 is 0. The SMILES string of the molecule is CC(C)CN(CCC#N)c1ccc([C@H](C)O)cc1. The van der Waals surface area contributed by atoms with Crippen LogP contribution in [0.3, 0.4) is 0 Å². The van der Waals surface area contributed by atoms with Crippen molar-refractivity contribution in [2.24, 2.45) is 5.92 Å². The van der Waals surface area contributed by atoms with Gasteiger partial charge in [-0.25, -0.2) is 0 Å². The molecule has 0 bridgehead atoms. The zero-order chi connectivity index (χ0) is 13.5. The Labute approximate surface area is 110 Å². The number of hydrogen-bond donors (Lipinski definition) is 1. The number of rotatable bonds is 6. The van der Waals surface area contributed by atoms with Crippen molar-refractivity contribution >= 4 is 5.69 Å². The molecule has 0 aliphatic rings. The highest BCUT2D eigenvalue weighted by Crippen LogP contribution is 2.20.